The number of aromatic nitrogens is 2. The van der Waals surface area contributed by atoms with Gasteiger partial charge in [-0.3, -0.25) is 4.79 Å². The lowest BCUT2D eigenvalue weighted by Gasteiger charge is -2.12. The first kappa shape index (κ1) is 14.1. The lowest BCUT2D eigenvalue weighted by Crippen LogP contribution is -2.34. The van der Waals surface area contributed by atoms with Crippen LogP contribution >= 0.6 is 0 Å². The molecule has 19 heavy (non-hydrogen) atoms. The van der Waals surface area contributed by atoms with Gasteiger partial charge in [-0.2, -0.15) is 0 Å². The van der Waals surface area contributed by atoms with Gasteiger partial charge in [-0.1, -0.05) is 13.3 Å². The summed E-state index contributed by atoms with van der Waals surface area (Å²) in [5.74, 6) is 0.0556. The average molecular weight is 264 g/mol. The third kappa shape index (κ3) is 5.03. The van der Waals surface area contributed by atoms with Crippen LogP contribution < -0.4 is 10.6 Å². The zero-order valence-electron chi connectivity index (χ0n) is 11.9. The molecule has 1 heterocycles. The van der Waals surface area contributed by atoms with E-state index in [1.54, 1.807) is 6.33 Å². The highest BCUT2D eigenvalue weighted by Gasteiger charge is 2.20. The van der Waals surface area contributed by atoms with Crippen molar-refractivity contribution in [2.45, 2.75) is 64.7 Å². The van der Waals surface area contributed by atoms with Crippen LogP contribution in [-0.4, -0.2) is 27.5 Å². The number of rotatable bonds is 8. The van der Waals surface area contributed by atoms with Gasteiger partial charge < -0.3 is 15.2 Å². The van der Waals surface area contributed by atoms with E-state index in [0.29, 0.717) is 12.6 Å². The van der Waals surface area contributed by atoms with E-state index in [9.17, 15) is 4.79 Å². The second-order valence-corrected chi connectivity index (χ2v) is 5.45. The maximum atomic E-state index is 11.8. The summed E-state index contributed by atoms with van der Waals surface area (Å²) in [5, 5.41) is 6.41. The van der Waals surface area contributed by atoms with E-state index in [-0.39, 0.29) is 11.9 Å². The molecule has 2 rings (SSSR count). The van der Waals surface area contributed by atoms with Crippen LogP contribution in [0.5, 0.6) is 0 Å². The van der Waals surface area contributed by atoms with Gasteiger partial charge in [-0.15, -0.1) is 0 Å². The van der Waals surface area contributed by atoms with Crippen LogP contribution in [0.25, 0.3) is 0 Å². The molecule has 1 aromatic heterocycles. The molecule has 106 valence electrons. The second kappa shape index (κ2) is 6.70. The van der Waals surface area contributed by atoms with Crippen LogP contribution in [0.15, 0.2) is 12.5 Å². The fourth-order valence-electron chi connectivity index (χ4n) is 2.11. The van der Waals surface area contributed by atoms with E-state index < -0.39 is 0 Å². The quantitative estimate of drug-likeness (QED) is 0.747. The maximum absolute atomic E-state index is 11.8. The average Bonchev–Trinajstić information content (AvgIpc) is 3.08. The smallest absolute Gasteiger partial charge is 0.240 e. The van der Waals surface area contributed by atoms with Gasteiger partial charge in [0.25, 0.3) is 0 Å². The van der Waals surface area contributed by atoms with Gasteiger partial charge in [0.15, 0.2) is 0 Å². The first-order valence-electron chi connectivity index (χ1n) is 7.20. The first-order valence-corrected chi connectivity index (χ1v) is 7.20. The second-order valence-electron chi connectivity index (χ2n) is 5.45. The molecule has 5 nitrogen and oxygen atoms in total. The van der Waals surface area contributed by atoms with E-state index in [1.165, 1.54) is 12.8 Å². The van der Waals surface area contributed by atoms with Crippen LogP contribution in [0, 0.1) is 0 Å². The molecule has 1 saturated carbocycles. The molecule has 5 heteroatoms. The Balaban J connectivity index is 1.73. The Morgan fingerprint density at radius 1 is 1.58 bits per heavy atom. The van der Waals surface area contributed by atoms with Crippen molar-refractivity contribution in [2.75, 3.05) is 0 Å². The molecule has 2 N–H and O–H groups in total. The number of carbonyl (C=O) groups excluding carboxylic acids is 1. The highest BCUT2D eigenvalue weighted by Crippen LogP contribution is 2.18. The van der Waals surface area contributed by atoms with Gasteiger partial charge in [0.1, 0.15) is 6.54 Å². The summed E-state index contributed by atoms with van der Waals surface area (Å²) in [6.07, 6.45) is 8.33. The van der Waals surface area contributed by atoms with Gasteiger partial charge in [-0.25, -0.2) is 4.98 Å². The molecule has 1 aromatic rings. The zero-order valence-corrected chi connectivity index (χ0v) is 11.9. The van der Waals surface area contributed by atoms with Gasteiger partial charge in [0.2, 0.25) is 5.91 Å². The number of nitrogens with one attached hydrogen (secondary N) is 2. The Bertz CT molecular complexity index is 411. The van der Waals surface area contributed by atoms with E-state index in [2.05, 4.69) is 22.5 Å². The van der Waals surface area contributed by atoms with Crippen molar-refractivity contribution in [1.29, 1.82) is 0 Å². The Hall–Kier alpha value is -1.36. The molecule has 0 saturated heterocycles. The molecular weight excluding hydrogens is 240 g/mol. The van der Waals surface area contributed by atoms with E-state index in [4.69, 9.17) is 0 Å². The van der Waals surface area contributed by atoms with Crippen molar-refractivity contribution < 1.29 is 4.79 Å². The highest BCUT2D eigenvalue weighted by atomic mass is 16.2. The lowest BCUT2D eigenvalue weighted by atomic mass is 10.2. The van der Waals surface area contributed by atoms with Crippen molar-refractivity contribution in [3.8, 4) is 0 Å². The summed E-state index contributed by atoms with van der Waals surface area (Å²) in [5.41, 5.74) is 1.00. The predicted octanol–water partition coefficient (Wildman–Crippen LogP) is 1.44. The van der Waals surface area contributed by atoms with Gasteiger partial charge >= 0.3 is 0 Å². The van der Waals surface area contributed by atoms with Crippen LogP contribution in [-0.2, 0) is 17.9 Å². The standard InChI is InChI=1S/C14H24N4O/c1-3-4-11(2)17-14(19)9-18-8-13(16-10-18)7-15-12-5-6-12/h8,10-12,15H,3-7,9H2,1-2H3,(H,17,19). The molecule has 1 amide bonds. The number of carbonyl (C=O) groups is 1. The van der Waals surface area contributed by atoms with Crippen LogP contribution in [0.2, 0.25) is 0 Å². The number of imidazole rings is 1. The monoisotopic (exact) mass is 264 g/mol. The summed E-state index contributed by atoms with van der Waals surface area (Å²) in [6, 6.07) is 0.931. The molecule has 1 aliphatic carbocycles. The summed E-state index contributed by atoms with van der Waals surface area (Å²) in [4.78, 5) is 16.1. The minimum atomic E-state index is 0.0556. The van der Waals surface area contributed by atoms with E-state index in [1.807, 2.05) is 17.7 Å². The molecule has 0 aromatic carbocycles. The van der Waals surface area contributed by atoms with Crippen molar-refractivity contribution in [2.24, 2.45) is 0 Å². The molecule has 0 bridgehead atoms. The largest absolute Gasteiger partial charge is 0.352 e. The van der Waals surface area contributed by atoms with Crippen LogP contribution in [0.1, 0.15) is 45.2 Å². The van der Waals surface area contributed by atoms with Crippen molar-refractivity contribution >= 4 is 5.91 Å². The van der Waals surface area contributed by atoms with Crippen LogP contribution in [0.4, 0.5) is 0 Å². The molecule has 1 atom stereocenters. The maximum Gasteiger partial charge on any atom is 0.240 e. The zero-order chi connectivity index (χ0) is 13.7. The number of hydrogen-bond acceptors (Lipinski definition) is 3. The summed E-state index contributed by atoms with van der Waals surface area (Å²) >= 11 is 0. The molecule has 1 fully saturated rings. The van der Waals surface area contributed by atoms with E-state index in [0.717, 1.165) is 25.1 Å². The summed E-state index contributed by atoms with van der Waals surface area (Å²) in [7, 11) is 0. The predicted molar refractivity (Wildman–Crippen MR) is 74.6 cm³/mol. The fraction of sp³-hybridized carbons (Fsp3) is 0.714. The van der Waals surface area contributed by atoms with Crippen molar-refractivity contribution in [3.63, 3.8) is 0 Å². The van der Waals surface area contributed by atoms with E-state index >= 15 is 0 Å². The first-order chi connectivity index (χ1) is 9.17. The lowest BCUT2D eigenvalue weighted by molar-refractivity contribution is -0.122. The molecule has 0 aliphatic heterocycles. The van der Waals surface area contributed by atoms with Crippen molar-refractivity contribution in [3.05, 3.63) is 18.2 Å². The fourth-order valence-corrected chi connectivity index (χ4v) is 2.11. The third-order valence-electron chi connectivity index (χ3n) is 3.29. The molecular formula is C14H24N4O. The number of nitrogens with zero attached hydrogens (tertiary/aromatic N) is 2. The summed E-state index contributed by atoms with van der Waals surface area (Å²) < 4.78 is 1.85. The third-order valence-corrected chi connectivity index (χ3v) is 3.29. The van der Waals surface area contributed by atoms with Gasteiger partial charge in [-0.05, 0) is 26.2 Å². The highest BCUT2D eigenvalue weighted by molar-refractivity contribution is 5.75. The Labute approximate surface area is 114 Å². The Morgan fingerprint density at radius 3 is 3.05 bits per heavy atom. The minimum Gasteiger partial charge on any atom is -0.352 e. The number of hydrogen-bond donors (Lipinski definition) is 2. The van der Waals surface area contributed by atoms with Gasteiger partial charge in [0.05, 0.1) is 12.0 Å². The van der Waals surface area contributed by atoms with Gasteiger partial charge in [0, 0.05) is 24.8 Å². The van der Waals surface area contributed by atoms with Crippen molar-refractivity contribution in [1.82, 2.24) is 20.2 Å². The van der Waals surface area contributed by atoms with Crippen LogP contribution in [0.3, 0.4) is 0 Å². The number of amides is 1. The molecule has 1 aliphatic rings. The minimum absolute atomic E-state index is 0.0556. The SMILES string of the molecule is CCCC(C)NC(=O)Cn1cnc(CNC2CC2)c1. The normalized spacial score (nSPS) is 16.3. The Morgan fingerprint density at radius 2 is 2.37 bits per heavy atom. The Kier molecular flexibility index (Phi) is 4.96. The molecule has 0 radical (unpaired) electrons. The molecule has 1 unspecified atom stereocenters. The molecule has 0 spiro atoms. The summed E-state index contributed by atoms with van der Waals surface area (Å²) in [6.45, 7) is 5.31. The topological polar surface area (TPSA) is 59.0 Å².